The average Bonchev–Trinajstić information content (AvgIpc) is 3.09. The van der Waals surface area contributed by atoms with E-state index in [-0.39, 0.29) is 24.2 Å². The fourth-order valence-electron chi connectivity index (χ4n) is 3.20. The lowest BCUT2D eigenvalue weighted by molar-refractivity contribution is -0.125. The molecular formula is C19H27ClN4O. The SMILES string of the molecule is Cl.O=C(NCc1nccn1CCCc1ccccc1)C1CCNCC1. The average molecular weight is 363 g/mol. The Morgan fingerprint density at radius 2 is 2.00 bits per heavy atom. The maximum Gasteiger partial charge on any atom is 0.223 e. The van der Waals surface area contributed by atoms with Crippen LogP contribution in [0, 0.1) is 5.92 Å². The molecule has 6 heteroatoms. The van der Waals surface area contributed by atoms with Crippen LogP contribution in [0.4, 0.5) is 0 Å². The van der Waals surface area contributed by atoms with E-state index in [1.807, 2.05) is 18.5 Å². The molecule has 1 aromatic carbocycles. The number of benzene rings is 1. The minimum atomic E-state index is 0. The molecule has 1 saturated heterocycles. The highest BCUT2D eigenvalue weighted by atomic mass is 35.5. The van der Waals surface area contributed by atoms with Crippen LogP contribution >= 0.6 is 12.4 Å². The molecule has 3 rings (SSSR count). The summed E-state index contributed by atoms with van der Waals surface area (Å²) in [5, 5.41) is 6.34. The van der Waals surface area contributed by atoms with Crippen molar-refractivity contribution >= 4 is 18.3 Å². The van der Waals surface area contributed by atoms with Gasteiger partial charge in [-0.15, -0.1) is 12.4 Å². The fraction of sp³-hybridized carbons (Fsp3) is 0.474. The molecule has 5 nitrogen and oxygen atoms in total. The number of carbonyl (C=O) groups excluding carboxylic acids is 1. The van der Waals surface area contributed by atoms with Gasteiger partial charge >= 0.3 is 0 Å². The van der Waals surface area contributed by atoms with E-state index in [0.29, 0.717) is 6.54 Å². The highest BCUT2D eigenvalue weighted by Gasteiger charge is 2.20. The Bertz CT molecular complexity index is 638. The Labute approximate surface area is 155 Å². The standard InChI is InChI=1S/C19H26N4O.ClH/c24-19(17-8-10-20-11-9-17)22-15-18-21-12-14-23(18)13-4-7-16-5-2-1-3-6-16;/h1-3,5-6,12,14,17,20H,4,7-11,13,15H2,(H,22,24);1H. The minimum absolute atomic E-state index is 0. The molecule has 0 radical (unpaired) electrons. The van der Waals surface area contributed by atoms with Crippen LogP contribution in [-0.2, 0) is 24.3 Å². The van der Waals surface area contributed by atoms with E-state index in [4.69, 9.17) is 0 Å². The van der Waals surface area contributed by atoms with E-state index in [9.17, 15) is 4.79 Å². The van der Waals surface area contributed by atoms with Crippen molar-refractivity contribution in [1.82, 2.24) is 20.2 Å². The van der Waals surface area contributed by atoms with E-state index < -0.39 is 0 Å². The van der Waals surface area contributed by atoms with Crippen molar-refractivity contribution < 1.29 is 4.79 Å². The van der Waals surface area contributed by atoms with Gasteiger partial charge in [-0.05, 0) is 44.3 Å². The number of halogens is 1. The topological polar surface area (TPSA) is 59.0 Å². The number of nitrogens with one attached hydrogen (secondary N) is 2. The summed E-state index contributed by atoms with van der Waals surface area (Å²) in [5.41, 5.74) is 1.36. The van der Waals surface area contributed by atoms with Crippen LogP contribution in [0.1, 0.15) is 30.7 Å². The van der Waals surface area contributed by atoms with Crippen molar-refractivity contribution in [3.63, 3.8) is 0 Å². The van der Waals surface area contributed by atoms with E-state index in [1.165, 1.54) is 5.56 Å². The van der Waals surface area contributed by atoms with Gasteiger partial charge < -0.3 is 15.2 Å². The number of imidazole rings is 1. The summed E-state index contributed by atoms with van der Waals surface area (Å²) in [6, 6.07) is 10.5. The van der Waals surface area contributed by atoms with Gasteiger partial charge in [0.15, 0.2) is 0 Å². The van der Waals surface area contributed by atoms with Crippen LogP contribution in [0.25, 0.3) is 0 Å². The smallest absolute Gasteiger partial charge is 0.223 e. The highest BCUT2D eigenvalue weighted by molar-refractivity contribution is 5.85. The molecule has 2 aromatic rings. The van der Waals surface area contributed by atoms with Crippen molar-refractivity contribution in [2.24, 2.45) is 5.92 Å². The molecule has 0 saturated carbocycles. The van der Waals surface area contributed by atoms with Gasteiger partial charge in [-0.1, -0.05) is 30.3 Å². The number of carbonyl (C=O) groups is 1. The number of aryl methyl sites for hydroxylation is 2. The lowest BCUT2D eigenvalue weighted by atomic mass is 9.97. The molecule has 0 spiro atoms. The second-order valence-electron chi connectivity index (χ2n) is 6.37. The Hall–Kier alpha value is -1.85. The third-order valence-electron chi connectivity index (χ3n) is 4.64. The second-order valence-corrected chi connectivity index (χ2v) is 6.37. The van der Waals surface area contributed by atoms with Crippen molar-refractivity contribution in [3.05, 3.63) is 54.1 Å². The molecule has 25 heavy (non-hydrogen) atoms. The summed E-state index contributed by atoms with van der Waals surface area (Å²) >= 11 is 0. The molecule has 0 bridgehead atoms. The van der Waals surface area contributed by atoms with Crippen LogP contribution in [0.3, 0.4) is 0 Å². The number of rotatable bonds is 7. The van der Waals surface area contributed by atoms with Crippen molar-refractivity contribution in [1.29, 1.82) is 0 Å². The van der Waals surface area contributed by atoms with E-state index in [0.717, 1.165) is 51.1 Å². The van der Waals surface area contributed by atoms with E-state index in [2.05, 4.69) is 44.5 Å². The first kappa shape index (κ1) is 19.5. The third kappa shape index (κ3) is 5.87. The molecule has 2 heterocycles. The minimum Gasteiger partial charge on any atom is -0.349 e. The third-order valence-corrected chi connectivity index (χ3v) is 4.64. The normalized spacial score (nSPS) is 14.7. The van der Waals surface area contributed by atoms with Gasteiger partial charge in [0.25, 0.3) is 0 Å². The zero-order valence-electron chi connectivity index (χ0n) is 14.5. The predicted octanol–water partition coefficient (Wildman–Crippen LogP) is 2.55. The fourth-order valence-corrected chi connectivity index (χ4v) is 3.20. The van der Waals surface area contributed by atoms with Crippen LogP contribution in [-0.4, -0.2) is 28.5 Å². The number of piperidine rings is 1. The summed E-state index contributed by atoms with van der Waals surface area (Å²) in [5.74, 6) is 1.24. The summed E-state index contributed by atoms with van der Waals surface area (Å²) in [4.78, 5) is 16.6. The molecule has 1 aromatic heterocycles. The van der Waals surface area contributed by atoms with Crippen molar-refractivity contribution in [3.8, 4) is 0 Å². The number of nitrogens with zero attached hydrogens (tertiary/aromatic N) is 2. The first-order chi connectivity index (χ1) is 11.8. The quantitative estimate of drug-likeness (QED) is 0.795. The Morgan fingerprint density at radius 3 is 2.76 bits per heavy atom. The number of aromatic nitrogens is 2. The summed E-state index contributed by atoms with van der Waals surface area (Å²) in [6.07, 6.45) is 7.79. The Morgan fingerprint density at radius 1 is 1.24 bits per heavy atom. The summed E-state index contributed by atoms with van der Waals surface area (Å²) in [7, 11) is 0. The summed E-state index contributed by atoms with van der Waals surface area (Å²) in [6.45, 7) is 3.31. The zero-order valence-corrected chi connectivity index (χ0v) is 15.3. The number of hydrogen-bond donors (Lipinski definition) is 2. The Kier molecular flexibility index (Phi) is 7.95. The molecule has 0 unspecified atom stereocenters. The van der Waals surface area contributed by atoms with Crippen LogP contribution in [0.5, 0.6) is 0 Å². The van der Waals surface area contributed by atoms with Crippen molar-refractivity contribution in [2.45, 2.75) is 38.8 Å². The van der Waals surface area contributed by atoms with Gasteiger partial charge in [0.05, 0.1) is 6.54 Å². The van der Waals surface area contributed by atoms with Crippen LogP contribution < -0.4 is 10.6 Å². The second kappa shape index (κ2) is 10.2. The van der Waals surface area contributed by atoms with Gasteiger partial charge in [-0.2, -0.15) is 0 Å². The first-order valence-corrected chi connectivity index (χ1v) is 8.85. The highest BCUT2D eigenvalue weighted by Crippen LogP contribution is 2.12. The Balaban J connectivity index is 0.00000225. The van der Waals surface area contributed by atoms with Gasteiger partial charge in [0.1, 0.15) is 5.82 Å². The van der Waals surface area contributed by atoms with Gasteiger partial charge in [0.2, 0.25) is 5.91 Å². The lowest BCUT2D eigenvalue weighted by Gasteiger charge is -2.21. The predicted molar refractivity (Wildman–Crippen MR) is 102 cm³/mol. The first-order valence-electron chi connectivity index (χ1n) is 8.85. The molecule has 1 fully saturated rings. The van der Waals surface area contributed by atoms with Crippen molar-refractivity contribution in [2.75, 3.05) is 13.1 Å². The monoisotopic (exact) mass is 362 g/mol. The molecule has 0 atom stereocenters. The molecule has 136 valence electrons. The number of amides is 1. The van der Waals surface area contributed by atoms with Crippen LogP contribution in [0.2, 0.25) is 0 Å². The molecule has 1 aliphatic heterocycles. The van der Waals surface area contributed by atoms with E-state index in [1.54, 1.807) is 0 Å². The maximum atomic E-state index is 12.2. The molecular weight excluding hydrogens is 336 g/mol. The summed E-state index contributed by atoms with van der Waals surface area (Å²) < 4.78 is 2.14. The molecule has 2 N–H and O–H groups in total. The number of hydrogen-bond acceptors (Lipinski definition) is 3. The zero-order chi connectivity index (χ0) is 16.6. The van der Waals surface area contributed by atoms with Crippen LogP contribution in [0.15, 0.2) is 42.7 Å². The van der Waals surface area contributed by atoms with E-state index >= 15 is 0 Å². The van der Waals surface area contributed by atoms with Gasteiger partial charge in [-0.3, -0.25) is 4.79 Å². The molecule has 0 aliphatic carbocycles. The maximum absolute atomic E-state index is 12.2. The van der Waals surface area contributed by atoms with Gasteiger partial charge in [0, 0.05) is 24.9 Å². The largest absolute Gasteiger partial charge is 0.349 e. The van der Waals surface area contributed by atoms with Gasteiger partial charge in [-0.25, -0.2) is 4.98 Å². The molecule has 1 aliphatic rings. The molecule has 1 amide bonds. The lowest BCUT2D eigenvalue weighted by Crippen LogP contribution is -2.38.